The molecule has 4 aromatic rings. The molecule has 2 amide bonds. The fourth-order valence-corrected chi connectivity index (χ4v) is 3.91. The Morgan fingerprint density at radius 1 is 1.12 bits per heavy atom. The summed E-state index contributed by atoms with van der Waals surface area (Å²) in [5.74, 6) is -2.32. The Kier molecular flexibility index (Phi) is 5.91. The molecule has 1 aromatic carbocycles. The second-order valence-corrected chi connectivity index (χ2v) is 7.56. The van der Waals surface area contributed by atoms with Crippen LogP contribution in [0.5, 0.6) is 0 Å². The van der Waals surface area contributed by atoms with Crippen molar-refractivity contribution in [1.82, 2.24) is 9.78 Å². The predicted molar refractivity (Wildman–Crippen MR) is 118 cm³/mol. The van der Waals surface area contributed by atoms with Crippen molar-refractivity contribution in [1.29, 1.82) is 0 Å². The van der Waals surface area contributed by atoms with Gasteiger partial charge in [-0.3, -0.25) is 9.59 Å². The summed E-state index contributed by atoms with van der Waals surface area (Å²) < 4.78 is 10.9. The zero-order chi connectivity index (χ0) is 23.5. The fraction of sp³-hybridized carbons (Fsp3) is 0.0952. The Labute approximate surface area is 189 Å². The number of rotatable bonds is 6. The Hall–Kier alpha value is -4.45. The van der Waals surface area contributed by atoms with Crippen molar-refractivity contribution in [3.63, 3.8) is 0 Å². The number of hydrogen-bond donors (Lipinski definition) is 3. The van der Waals surface area contributed by atoms with E-state index in [0.29, 0.717) is 0 Å². The number of ether oxygens (including phenoxy) is 1. The standard InChI is InChI=1S/C21H16N4O7S/c1-2-31-21(30)25-19-12(10-15(33-19)20(28)29)16(24-25)23-17(26)11-6-3-4-7-13(11)22-18(27)14-8-5-9-32-14/h3-10H,2H2,1H3,(H,22,27)(H,28,29)(H,23,24,26). The third kappa shape index (κ3) is 4.32. The molecule has 0 spiro atoms. The van der Waals surface area contributed by atoms with Crippen LogP contribution in [0.4, 0.5) is 16.3 Å². The van der Waals surface area contributed by atoms with Crippen LogP contribution in [-0.2, 0) is 4.74 Å². The highest BCUT2D eigenvalue weighted by Crippen LogP contribution is 2.32. The molecule has 0 fully saturated rings. The lowest BCUT2D eigenvalue weighted by Gasteiger charge is -2.10. The first kappa shape index (κ1) is 21.8. The van der Waals surface area contributed by atoms with Crippen LogP contribution in [-0.4, -0.2) is 45.4 Å². The van der Waals surface area contributed by atoms with Crippen molar-refractivity contribution in [2.45, 2.75) is 6.92 Å². The number of nitrogens with zero attached hydrogens (tertiary/aromatic N) is 2. The minimum atomic E-state index is -1.19. The number of furan rings is 1. The molecule has 168 valence electrons. The minimum Gasteiger partial charge on any atom is -0.477 e. The van der Waals surface area contributed by atoms with Crippen LogP contribution < -0.4 is 10.6 Å². The van der Waals surface area contributed by atoms with E-state index in [1.54, 1.807) is 25.1 Å². The van der Waals surface area contributed by atoms with Crippen molar-refractivity contribution < 1.29 is 33.4 Å². The van der Waals surface area contributed by atoms with Crippen molar-refractivity contribution in [2.24, 2.45) is 0 Å². The molecular formula is C21H16N4O7S. The van der Waals surface area contributed by atoms with E-state index >= 15 is 0 Å². The van der Waals surface area contributed by atoms with E-state index in [1.165, 1.54) is 30.5 Å². The quantitative estimate of drug-likeness (QED) is 0.385. The highest BCUT2D eigenvalue weighted by molar-refractivity contribution is 7.20. The van der Waals surface area contributed by atoms with E-state index in [2.05, 4.69) is 15.7 Å². The number of aromatic carboxylic acids is 1. The van der Waals surface area contributed by atoms with Gasteiger partial charge in [-0.2, -0.15) is 4.68 Å². The monoisotopic (exact) mass is 468 g/mol. The third-order valence-corrected chi connectivity index (χ3v) is 5.51. The molecule has 0 atom stereocenters. The van der Waals surface area contributed by atoms with Gasteiger partial charge in [-0.25, -0.2) is 9.59 Å². The number of para-hydroxylation sites is 1. The summed E-state index contributed by atoms with van der Waals surface area (Å²) in [6, 6.07) is 10.6. The summed E-state index contributed by atoms with van der Waals surface area (Å²) in [4.78, 5) is 49.2. The number of thiophene rings is 1. The molecule has 33 heavy (non-hydrogen) atoms. The number of carboxylic acid groups (broad SMARTS) is 1. The first-order valence-electron chi connectivity index (χ1n) is 9.57. The molecule has 0 radical (unpaired) electrons. The molecule has 11 nitrogen and oxygen atoms in total. The Morgan fingerprint density at radius 3 is 2.61 bits per heavy atom. The normalized spacial score (nSPS) is 10.7. The number of carbonyl (C=O) groups is 4. The van der Waals surface area contributed by atoms with Gasteiger partial charge in [-0.15, -0.1) is 16.4 Å². The molecule has 0 saturated heterocycles. The SMILES string of the molecule is CCOC(=O)n1nc(NC(=O)c2ccccc2NC(=O)c2ccco2)c2cc(C(=O)O)sc21. The average molecular weight is 468 g/mol. The molecule has 12 heteroatoms. The molecule has 3 aromatic heterocycles. The number of anilines is 2. The Balaban J connectivity index is 1.66. The van der Waals surface area contributed by atoms with Crippen LogP contribution in [0.3, 0.4) is 0 Å². The number of carboxylic acids is 1. The number of fused-ring (bicyclic) bond motifs is 1. The summed E-state index contributed by atoms with van der Waals surface area (Å²) in [5, 5.41) is 18.9. The lowest BCUT2D eigenvalue weighted by atomic mass is 10.1. The lowest BCUT2D eigenvalue weighted by molar-refractivity contribution is 0.0701. The van der Waals surface area contributed by atoms with Gasteiger partial charge in [-0.1, -0.05) is 12.1 Å². The lowest BCUT2D eigenvalue weighted by Crippen LogP contribution is -2.19. The first-order chi connectivity index (χ1) is 15.9. The zero-order valence-electron chi connectivity index (χ0n) is 17.0. The Bertz CT molecular complexity index is 1370. The summed E-state index contributed by atoms with van der Waals surface area (Å²) in [6.07, 6.45) is 0.540. The maximum absolute atomic E-state index is 13.0. The molecular weight excluding hydrogens is 452 g/mol. The van der Waals surface area contributed by atoms with Crippen LogP contribution >= 0.6 is 11.3 Å². The van der Waals surface area contributed by atoms with Crippen molar-refractivity contribution >= 4 is 56.9 Å². The van der Waals surface area contributed by atoms with Crippen molar-refractivity contribution in [3.8, 4) is 0 Å². The molecule has 0 aliphatic heterocycles. The minimum absolute atomic E-state index is 0.0287. The number of aromatic nitrogens is 2. The predicted octanol–water partition coefficient (Wildman–Crippen LogP) is 3.90. The van der Waals surface area contributed by atoms with Gasteiger partial charge in [0.1, 0.15) is 9.71 Å². The van der Waals surface area contributed by atoms with Gasteiger partial charge in [0.25, 0.3) is 11.8 Å². The van der Waals surface area contributed by atoms with Crippen LogP contribution in [0.25, 0.3) is 10.2 Å². The number of carbonyl (C=O) groups excluding carboxylic acids is 3. The van der Waals surface area contributed by atoms with Crippen LogP contribution in [0.2, 0.25) is 0 Å². The van der Waals surface area contributed by atoms with E-state index < -0.39 is 23.9 Å². The first-order valence-corrected chi connectivity index (χ1v) is 10.4. The second kappa shape index (κ2) is 8.96. The molecule has 0 aliphatic carbocycles. The van der Waals surface area contributed by atoms with E-state index in [1.807, 2.05) is 0 Å². The second-order valence-electron chi connectivity index (χ2n) is 6.53. The zero-order valence-corrected chi connectivity index (χ0v) is 17.8. The molecule has 3 N–H and O–H groups in total. The van der Waals surface area contributed by atoms with Gasteiger partial charge in [0, 0.05) is 0 Å². The molecule has 3 heterocycles. The molecule has 0 bridgehead atoms. The van der Waals surface area contributed by atoms with Gasteiger partial charge in [0.15, 0.2) is 11.6 Å². The highest BCUT2D eigenvalue weighted by atomic mass is 32.1. The summed E-state index contributed by atoms with van der Waals surface area (Å²) in [6.45, 7) is 1.70. The van der Waals surface area contributed by atoms with Gasteiger partial charge < -0.3 is 24.9 Å². The smallest absolute Gasteiger partial charge is 0.436 e. The molecule has 0 unspecified atom stereocenters. The Morgan fingerprint density at radius 2 is 1.91 bits per heavy atom. The summed E-state index contributed by atoms with van der Waals surface area (Å²) in [5.41, 5.74) is 0.332. The van der Waals surface area contributed by atoms with Gasteiger partial charge in [0.2, 0.25) is 0 Å². The van der Waals surface area contributed by atoms with E-state index in [9.17, 15) is 24.3 Å². The van der Waals surface area contributed by atoms with Crippen LogP contribution in [0, 0.1) is 0 Å². The van der Waals surface area contributed by atoms with Gasteiger partial charge >= 0.3 is 12.1 Å². The molecule has 0 aliphatic rings. The molecule has 0 saturated carbocycles. The summed E-state index contributed by atoms with van der Waals surface area (Å²) >= 11 is 0.821. The van der Waals surface area contributed by atoms with E-state index in [4.69, 9.17) is 9.15 Å². The van der Waals surface area contributed by atoms with Gasteiger partial charge in [0.05, 0.1) is 29.5 Å². The highest BCUT2D eigenvalue weighted by Gasteiger charge is 2.24. The average Bonchev–Trinajstić information content (AvgIpc) is 3.52. The topological polar surface area (TPSA) is 153 Å². The fourth-order valence-electron chi connectivity index (χ4n) is 2.97. The number of nitrogens with one attached hydrogen (secondary N) is 2. The third-order valence-electron chi connectivity index (χ3n) is 4.41. The summed E-state index contributed by atoms with van der Waals surface area (Å²) in [7, 11) is 0. The maximum Gasteiger partial charge on any atom is 0.436 e. The largest absolute Gasteiger partial charge is 0.477 e. The van der Waals surface area contributed by atoms with Crippen LogP contribution in [0.15, 0.2) is 53.1 Å². The molecule has 4 rings (SSSR count). The number of hydrogen-bond acceptors (Lipinski definition) is 8. The van der Waals surface area contributed by atoms with Crippen molar-refractivity contribution in [3.05, 3.63) is 64.9 Å². The van der Waals surface area contributed by atoms with Crippen LogP contribution in [0.1, 0.15) is 37.5 Å². The maximum atomic E-state index is 13.0. The van der Waals surface area contributed by atoms with E-state index in [-0.39, 0.29) is 44.5 Å². The van der Waals surface area contributed by atoms with E-state index in [0.717, 1.165) is 16.0 Å². The van der Waals surface area contributed by atoms with Gasteiger partial charge in [-0.05, 0) is 37.3 Å². The number of amides is 2. The number of benzene rings is 1. The van der Waals surface area contributed by atoms with Crippen molar-refractivity contribution in [2.75, 3.05) is 17.2 Å².